The van der Waals surface area contributed by atoms with E-state index < -0.39 is 0 Å². The van der Waals surface area contributed by atoms with Gasteiger partial charge in [-0.15, -0.1) is 0 Å². The highest BCUT2D eigenvalue weighted by atomic mass is 16.2. The zero-order valence-corrected chi connectivity index (χ0v) is 13.3. The number of imidazole rings is 1. The Morgan fingerprint density at radius 3 is 2.43 bits per heavy atom. The summed E-state index contributed by atoms with van der Waals surface area (Å²) in [6, 6.07) is -0.0113. The van der Waals surface area contributed by atoms with Crippen molar-refractivity contribution < 1.29 is 0 Å². The van der Waals surface area contributed by atoms with Crippen molar-refractivity contribution in [1.29, 1.82) is 0 Å². The van der Waals surface area contributed by atoms with E-state index in [1.54, 1.807) is 23.1 Å². The van der Waals surface area contributed by atoms with Gasteiger partial charge < -0.3 is 9.88 Å². The summed E-state index contributed by atoms with van der Waals surface area (Å²) in [6.45, 7) is 8.80. The zero-order chi connectivity index (χ0) is 15.7. The fourth-order valence-corrected chi connectivity index (χ4v) is 2.50. The summed E-state index contributed by atoms with van der Waals surface area (Å²) in [5.74, 6) is 0.606. The second-order valence-electron chi connectivity index (χ2n) is 5.16. The molecule has 1 unspecified atom stereocenters. The van der Waals surface area contributed by atoms with E-state index in [0.717, 1.165) is 6.42 Å². The molecule has 0 aliphatic heterocycles. The number of anilines is 1. The minimum absolute atomic E-state index is 0.0113. The molecule has 7 nitrogen and oxygen atoms in total. The van der Waals surface area contributed by atoms with Gasteiger partial charge in [-0.2, -0.15) is 4.98 Å². The summed E-state index contributed by atoms with van der Waals surface area (Å²) in [6.07, 6.45) is 0.796. The Kier molecular flexibility index (Phi) is 4.20. The normalized spacial score (nSPS) is 12.8. The minimum atomic E-state index is -0.287. The molecule has 0 aliphatic carbocycles. The Morgan fingerprint density at radius 1 is 1.24 bits per heavy atom. The maximum Gasteiger partial charge on any atom is 0.332 e. The van der Waals surface area contributed by atoms with Crippen LogP contribution in [0.5, 0.6) is 0 Å². The number of aromatic nitrogens is 4. The molecule has 21 heavy (non-hydrogen) atoms. The first-order valence-corrected chi connectivity index (χ1v) is 7.43. The molecule has 2 heterocycles. The van der Waals surface area contributed by atoms with E-state index >= 15 is 0 Å². The lowest BCUT2D eigenvalue weighted by atomic mass is 10.2. The highest BCUT2D eigenvalue weighted by Crippen LogP contribution is 2.18. The topological polar surface area (TPSA) is 73.8 Å². The molecule has 0 radical (unpaired) electrons. The Morgan fingerprint density at radius 2 is 1.90 bits per heavy atom. The van der Waals surface area contributed by atoms with Gasteiger partial charge in [-0.1, -0.05) is 6.92 Å². The maximum atomic E-state index is 12.6. The lowest BCUT2D eigenvalue weighted by Gasteiger charge is -2.15. The van der Waals surface area contributed by atoms with E-state index in [0.29, 0.717) is 30.2 Å². The third kappa shape index (κ3) is 2.26. The lowest BCUT2D eigenvalue weighted by molar-refractivity contribution is 0.489. The minimum Gasteiger partial charge on any atom is -0.356 e. The van der Waals surface area contributed by atoms with Crippen LogP contribution in [-0.2, 0) is 13.6 Å². The molecular weight excluding hydrogens is 270 g/mol. The van der Waals surface area contributed by atoms with Crippen molar-refractivity contribution in [3.63, 3.8) is 0 Å². The van der Waals surface area contributed by atoms with Crippen LogP contribution in [0.2, 0.25) is 0 Å². The smallest absolute Gasteiger partial charge is 0.332 e. The van der Waals surface area contributed by atoms with Crippen LogP contribution in [0, 0.1) is 0 Å². The first kappa shape index (κ1) is 15.3. The molecular formula is C14H23N5O2. The van der Waals surface area contributed by atoms with E-state index in [1.165, 1.54) is 4.57 Å². The van der Waals surface area contributed by atoms with Crippen LogP contribution in [0.1, 0.15) is 40.2 Å². The van der Waals surface area contributed by atoms with Gasteiger partial charge in [-0.25, -0.2) is 4.79 Å². The molecule has 0 saturated carbocycles. The van der Waals surface area contributed by atoms with Crippen LogP contribution in [0.15, 0.2) is 9.59 Å². The van der Waals surface area contributed by atoms with Crippen molar-refractivity contribution in [2.24, 2.45) is 7.05 Å². The van der Waals surface area contributed by atoms with Crippen molar-refractivity contribution in [2.45, 2.75) is 46.7 Å². The molecule has 116 valence electrons. The summed E-state index contributed by atoms with van der Waals surface area (Å²) < 4.78 is 4.62. The second kappa shape index (κ2) is 5.75. The van der Waals surface area contributed by atoms with Gasteiger partial charge in [0.25, 0.3) is 5.56 Å². The van der Waals surface area contributed by atoms with Gasteiger partial charge >= 0.3 is 5.69 Å². The molecule has 7 heteroatoms. The highest BCUT2D eigenvalue weighted by Gasteiger charge is 2.21. The van der Waals surface area contributed by atoms with Crippen LogP contribution in [0.25, 0.3) is 11.2 Å². The van der Waals surface area contributed by atoms with E-state index in [1.807, 2.05) is 20.8 Å². The molecule has 1 atom stereocenters. The molecule has 2 aromatic rings. The van der Waals surface area contributed by atoms with Crippen LogP contribution in [0.4, 0.5) is 5.95 Å². The molecule has 0 aliphatic rings. The standard InChI is InChI=1S/C14H23N5O2/c1-6-9(4)19-11-10(12(20)18(8-3)14(19)21)17(5)13(16-11)15-7-2/h9H,6-8H2,1-5H3,(H,15,16). The molecule has 0 saturated heterocycles. The van der Waals surface area contributed by atoms with Crippen molar-refractivity contribution >= 4 is 17.1 Å². The number of aryl methyl sites for hydroxylation is 1. The predicted molar refractivity (Wildman–Crippen MR) is 84.1 cm³/mol. The Balaban J connectivity index is 2.97. The molecule has 0 amide bonds. The van der Waals surface area contributed by atoms with Crippen molar-refractivity contribution in [3.05, 3.63) is 20.8 Å². The number of nitrogens with one attached hydrogen (secondary N) is 1. The first-order chi connectivity index (χ1) is 9.97. The summed E-state index contributed by atoms with van der Waals surface area (Å²) in [7, 11) is 1.79. The van der Waals surface area contributed by atoms with Gasteiger partial charge in [0.1, 0.15) is 0 Å². The molecule has 0 spiro atoms. The Hall–Kier alpha value is -2.05. The van der Waals surface area contributed by atoms with Crippen molar-refractivity contribution in [1.82, 2.24) is 18.7 Å². The van der Waals surface area contributed by atoms with E-state index in [2.05, 4.69) is 10.3 Å². The van der Waals surface area contributed by atoms with Crippen LogP contribution in [0.3, 0.4) is 0 Å². The van der Waals surface area contributed by atoms with E-state index in [4.69, 9.17) is 0 Å². The molecule has 1 N–H and O–H groups in total. The van der Waals surface area contributed by atoms with E-state index in [-0.39, 0.29) is 17.3 Å². The molecule has 2 rings (SSSR count). The van der Waals surface area contributed by atoms with Gasteiger partial charge in [-0.05, 0) is 27.2 Å². The first-order valence-electron chi connectivity index (χ1n) is 7.43. The zero-order valence-electron chi connectivity index (χ0n) is 13.3. The van der Waals surface area contributed by atoms with Gasteiger partial charge in [0.15, 0.2) is 11.2 Å². The van der Waals surface area contributed by atoms with Crippen molar-refractivity contribution in [3.8, 4) is 0 Å². The SMILES string of the molecule is CCNc1nc2c(c(=O)n(CC)c(=O)n2C(C)CC)n1C. The third-order valence-corrected chi connectivity index (χ3v) is 3.87. The van der Waals surface area contributed by atoms with Gasteiger partial charge in [0, 0.05) is 26.2 Å². The number of rotatable bonds is 5. The van der Waals surface area contributed by atoms with Gasteiger partial charge in [0.05, 0.1) is 0 Å². The average molecular weight is 293 g/mol. The van der Waals surface area contributed by atoms with Gasteiger partial charge in [0.2, 0.25) is 5.95 Å². The number of hydrogen-bond donors (Lipinski definition) is 1. The molecule has 2 aromatic heterocycles. The van der Waals surface area contributed by atoms with E-state index in [9.17, 15) is 9.59 Å². The van der Waals surface area contributed by atoms with Crippen LogP contribution >= 0.6 is 0 Å². The summed E-state index contributed by atoms with van der Waals surface area (Å²) in [5.41, 5.74) is 0.358. The average Bonchev–Trinajstić information content (AvgIpc) is 2.77. The monoisotopic (exact) mass is 293 g/mol. The summed E-state index contributed by atoms with van der Waals surface area (Å²) >= 11 is 0. The van der Waals surface area contributed by atoms with Gasteiger partial charge in [-0.3, -0.25) is 13.9 Å². The number of hydrogen-bond acceptors (Lipinski definition) is 4. The predicted octanol–water partition coefficient (Wildman–Crippen LogP) is 1.32. The Bertz CT molecular complexity index is 768. The molecule has 0 fully saturated rings. The molecule has 0 aromatic carbocycles. The fourth-order valence-electron chi connectivity index (χ4n) is 2.50. The Labute approximate surface area is 123 Å². The summed E-state index contributed by atoms with van der Waals surface area (Å²) in [5, 5.41) is 3.12. The van der Waals surface area contributed by atoms with Crippen molar-refractivity contribution in [2.75, 3.05) is 11.9 Å². The highest BCUT2D eigenvalue weighted by molar-refractivity contribution is 5.74. The second-order valence-corrected chi connectivity index (χ2v) is 5.16. The number of nitrogens with zero attached hydrogens (tertiary/aromatic N) is 4. The molecule has 0 bridgehead atoms. The maximum absolute atomic E-state index is 12.6. The van der Waals surface area contributed by atoms with Crippen LogP contribution < -0.4 is 16.6 Å². The fraction of sp³-hybridized carbons (Fsp3) is 0.643. The quantitative estimate of drug-likeness (QED) is 0.902. The van der Waals surface area contributed by atoms with Crippen LogP contribution in [-0.4, -0.2) is 25.2 Å². The lowest BCUT2D eigenvalue weighted by Crippen LogP contribution is -2.41. The largest absolute Gasteiger partial charge is 0.356 e. The summed E-state index contributed by atoms with van der Waals surface area (Å²) in [4.78, 5) is 29.6. The third-order valence-electron chi connectivity index (χ3n) is 3.87. The number of fused-ring (bicyclic) bond motifs is 1.